The van der Waals surface area contributed by atoms with Gasteiger partial charge < -0.3 is 9.47 Å². The minimum Gasteiger partial charge on any atom is -0.428 e. The van der Waals surface area contributed by atoms with E-state index in [2.05, 4.69) is 5.10 Å². The number of ether oxygens (including phenoxy) is 2. The summed E-state index contributed by atoms with van der Waals surface area (Å²) in [6.45, 7) is 8.26. The Balaban J connectivity index is 1.67. The Morgan fingerprint density at radius 2 is 1.74 bits per heavy atom. The standard InChI is InChI=1S/C23H25N3O5/c1-16-5-7-17(8-6-16)20-13-14-25(24-20)15-21(23(2,3)4)31-22(27)30-19-11-9-18(10-12-19)26(28)29/h5-14,21H,15H2,1-4H3/t21-/m0/s1. The van der Waals surface area contributed by atoms with Gasteiger partial charge in [-0.1, -0.05) is 50.6 Å². The van der Waals surface area contributed by atoms with Crippen molar-refractivity contribution in [2.45, 2.75) is 40.3 Å². The van der Waals surface area contributed by atoms with E-state index in [4.69, 9.17) is 9.47 Å². The highest BCUT2D eigenvalue weighted by Gasteiger charge is 2.30. The molecule has 3 rings (SSSR count). The summed E-state index contributed by atoms with van der Waals surface area (Å²) in [4.78, 5) is 22.5. The van der Waals surface area contributed by atoms with Gasteiger partial charge in [0.15, 0.2) is 0 Å². The predicted molar refractivity (Wildman–Crippen MR) is 116 cm³/mol. The highest BCUT2D eigenvalue weighted by Crippen LogP contribution is 2.26. The van der Waals surface area contributed by atoms with E-state index in [9.17, 15) is 14.9 Å². The van der Waals surface area contributed by atoms with Crippen LogP contribution in [0.15, 0.2) is 60.8 Å². The lowest BCUT2D eigenvalue weighted by molar-refractivity contribution is -0.384. The molecule has 0 amide bonds. The van der Waals surface area contributed by atoms with Crippen LogP contribution in [0.2, 0.25) is 0 Å². The molecule has 0 N–H and O–H groups in total. The molecule has 3 aromatic rings. The number of rotatable bonds is 6. The zero-order chi connectivity index (χ0) is 22.6. The van der Waals surface area contributed by atoms with Gasteiger partial charge in [0, 0.05) is 29.3 Å². The zero-order valence-electron chi connectivity index (χ0n) is 17.9. The molecule has 0 aliphatic heterocycles. The number of hydrogen-bond donors (Lipinski definition) is 0. The Bertz CT molecular complexity index is 1050. The van der Waals surface area contributed by atoms with Gasteiger partial charge in [-0.15, -0.1) is 0 Å². The van der Waals surface area contributed by atoms with E-state index in [0.29, 0.717) is 6.54 Å². The topological polar surface area (TPSA) is 96.5 Å². The number of aryl methyl sites for hydroxylation is 1. The second-order valence-electron chi connectivity index (χ2n) is 8.36. The zero-order valence-corrected chi connectivity index (χ0v) is 17.9. The molecule has 0 aliphatic carbocycles. The van der Waals surface area contributed by atoms with Crippen LogP contribution in [0.3, 0.4) is 0 Å². The third kappa shape index (κ3) is 5.91. The normalized spacial score (nSPS) is 12.3. The van der Waals surface area contributed by atoms with Gasteiger partial charge >= 0.3 is 6.16 Å². The van der Waals surface area contributed by atoms with E-state index in [1.165, 1.54) is 29.8 Å². The Kier molecular flexibility index (Phi) is 6.39. The number of carbonyl (C=O) groups is 1. The number of carbonyl (C=O) groups excluding carboxylic acids is 1. The number of hydrogen-bond acceptors (Lipinski definition) is 6. The summed E-state index contributed by atoms with van der Waals surface area (Å²) in [5, 5.41) is 15.3. The van der Waals surface area contributed by atoms with Crippen molar-refractivity contribution in [3.63, 3.8) is 0 Å². The first-order valence-corrected chi connectivity index (χ1v) is 9.85. The molecular weight excluding hydrogens is 398 g/mol. The van der Waals surface area contributed by atoms with Crippen molar-refractivity contribution in [1.82, 2.24) is 9.78 Å². The summed E-state index contributed by atoms with van der Waals surface area (Å²) < 4.78 is 12.5. The van der Waals surface area contributed by atoms with Crippen LogP contribution in [0, 0.1) is 22.5 Å². The molecule has 8 nitrogen and oxygen atoms in total. The SMILES string of the molecule is Cc1ccc(-c2ccn(C[C@H](OC(=O)Oc3ccc([N+](=O)[O-])cc3)C(C)(C)C)n2)cc1. The van der Waals surface area contributed by atoms with Crippen molar-refractivity contribution in [2.75, 3.05) is 0 Å². The van der Waals surface area contributed by atoms with Crippen LogP contribution in [0.25, 0.3) is 11.3 Å². The quantitative estimate of drug-likeness (QED) is 0.228. The van der Waals surface area contributed by atoms with Crippen molar-refractivity contribution < 1.29 is 19.2 Å². The maximum atomic E-state index is 12.3. The van der Waals surface area contributed by atoms with E-state index in [0.717, 1.165) is 11.3 Å². The van der Waals surface area contributed by atoms with Crippen molar-refractivity contribution in [3.8, 4) is 17.0 Å². The molecule has 0 unspecified atom stereocenters. The summed E-state index contributed by atoms with van der Waals surface area (Å²) in [5.74, 6) is 0.170. The first-order chi connectivity index (χ1) is 14.6. The Labute approximate surface area is 180 Å². The molecule has 8 heteroatoms. The van der Waals surface area contributed by atoms with Gasteiger partial charge in [0.05, 0.1) is 17.2 Å². The fraction of sp³-hybridized carbons (Fsp3) is 0.304. The number of nitro groups is 1. The van der Waals surface area contributed by atoms with Crippen LogP contribution in [0.5, 0.6) is 5.75 Å². The van der Waals surface area contributed by atoms with Crippen LogP contribution in [-0.2, 0) is 11.3 Å². The Morgan fingerprint density at radius 3 is 2.32 bits per heavy atom. The number of nitrogens with zero attached hydrogens (tertiary/aromatic N) is 3. The monoisotopic (exact) mass is 423 g/mol. The number of nitro benzene ring substituents is 1. The second-order valence-corrected chi connectivity index (χ2v) is 8.36. The first-order valence-electron chi connectivity index (χ1n) is 9.85. The highest BCUT2D eigenvalue weighted by molar-refractivity contribution is 5.64. The van der Waals surface area contributed by atoms with Gasteiger partial charge in [-0.05, 0) is 25.1 Å². The molecule has 0 radical (unpaired) electrons. The number of aromatic nitrogens is 2. The van der Waals surface area contributed by atoms with Crippen LogP contribution < -0.4 is 4.74 Å². The van der Waals surface area contributed by atoms with Crippen LogP contribution >= 0.6 is 0 Å². The molecule has 162 valence electrons. The molecule has 1 heterocycles. The summed E-state index contributed by atoms with van der Waals surface area (Å²) in [6, 6.07) is 15.2. The van der Waals surface area contributed by atoms with Crippen LogP contribution in [0.1, 0.15) is 26.3 Å². The summed E-state index contributed by atoms with van der Waals surface area (Å²) in [6.07, 6.45) is 0.461. The second kappa shape index (κ2) is 8.99. The third-order valence-electron chi connectivity index (χ3n) is 4.79. The van der Waals surface area contributed by atoms with E-state index >= 15 is 0 Å². The molecule has 0 saturated carbocycles. The maximum Gasteiger partial charge on any atom is 0.514 e. The highest BCUT2D eigenvalue weighted by atomic mass is 16.7. The fourth-order valence-corrected chi connectivity index (χ4v) is 2.87. The number of benzene rings is 2. The lowest BCUT2D eigenvalue weighted by Gasteiger charge is -2.29. The molecule has 31 heavy (non-hydrogen) atoms. The van der Waals surface area contributed by atoms with Gasteiger partial charge in [0.25, 0.3) is 5.69 Å². The Morgan fingerprint density at radius 1 is 1.10 bits per heavy atom. The predicted octanol–water partition coefficient (Wildman–Crippen LogP) is 5.40. The van der Waals surface area contributed by atoms with E-state index in [1.54, 1.807) is 4.68 Å². The summed E-state index contributed by atoms with van der Waals surface area (Å²) in [5.41, 5.74) is 2.56. The van der Waals surface area contributed by atoms with Gasteiger partial charge in [-0.3, -0.25) is 14.8 Å². The molecule has 1 aromatic heterocycles. The van der Waals surface area contributed by atoms with Gasteiger partial charge in [-0.25, -0.2) is 4.79 Å². The molecule has 0 aliphatic rings. The summed E-state index contributed by atoms with van der Waals surface area (Å²) in [7, 11) is 0. The van der Waals surface area contributed by atoms with E-state index in [-0.39, 0.29) is 16.9 Å². The lowest BCUT2D eigenvalue weighted by atomic mass is 9.89. The molecular formula is C23H25N3O5. The third-order valence-corrected chi connectivity index (χ3v) is 4.79. The van der Waals surface area contributed by atoms with Crippen molar-refractivity contribution in [3.05, 3.63) is 76.5 Å². The smallest absolute Gasteiger partial charge is 0.428 e. The lowest BCUT2D eigenvalue weighted by Crippen LogP contribution is -2.36. The van der Waals surface area contributed by atoms with Crippen LogP contribution in [0.4, 0.5) is 10.5 Å². The molecule has 2 aromatic carbocycles. The first kappa shape index (κ1) is 22.0. The number of non-ortho nitro benzene ring substituents is 1. The molecule has 0 saturated heterocycles. The van der Waals surface area contributed by atoms with Crippen molar-refractivity contribution >= 4 is 11.8 Å². The van der Waals surface area contributed by atoms with E-state index < -0.39 is 17.2 Å². The molecule has 0 spiro atoms. The van der Waals surface area contributed by atoms with Crippen molar-refractivity contribution in [1.29, 1.82) is 0 Å². The fourth-order valence-electron chi connectivity index (χ4n) is 2.87. The van der Waals surface area contributed by atoms with Crippen molar-refractivity contribution in [2.24, 2.45) is 5.41 Å². The van der Waals surface area contributed by atoms with Gasteiger partial charge in [0.1, 0.15) is 11.9 Å². The molecule has 1 atom stereocenters. The van der Waals surface area contributed by atoms with Gasteiger partial charge in [0.2, 0.25) is 0 Å². The summed E-state index contributed by atoms with van der Waals surface area (Å²) >= 11 is 0. The largest absolute Gasteiger partial charge is 0.514 e. The minimum atomic E-state index is -0.875. The van der Waals surface area contributed by atoms with Crippen LogP contribution in [-0.4, -0.2) is 27.0 Å². The maximum absolute atomic E-state index is 12.3. The molecule has 0 bridgehead atoms. The average Bonchev–Trinajstić information content (AvgIpc) is 3.16. The average molecular weight is 423 g/mol. The molecule has 0 fully saturated rings. The van der Waals surface area contributed by atoms with Gasteiger partial charge in [-0.2, -0.15) is 5.10 Å². The minimum absolute atomic E-state index is 0.0867. The Hall–Kier alpha value is -3.68. The van der Waals surface area contributed by atoms with E-state index in [1.807, 2.05) is 64.2 Å².